The van der Waals surface area contributed by atoms with Crippen LogP contribution in [0.15, 0.2) is 47.3 Å². The summed E-state index contributed by atoms with van der Waals surface area (Å²) >= 11 is 18.3. The van der Waals surface area contributed by atoms with Crippen LogP contribution in [-0.2, 0) is 28.6 Å². The minimum absolute atomic E-state index is 0.00955. The lowest BCUT2D eigenvalue weighted by atomic mass is 9.50. The van der Waals surface area contributed by atoms with Crippen molar-refractivity contribution in [1.82, 2.24) is 10.3 Å². The largest absolute Gasteiger partial charge is 0.511 e. The van der Waals surface area contributed by atoms with Gasteiger partial charge in [-0.15, -0.1) is 0 Å². The summed E-state index contributed by atoms with van der Waals surface area (Å²) in [7, 11) is 0. The molecule has 1 amide bonds. The number of carboxylic acids is 1. The predicted molar refractivity (Wildman–Crippen MR) is 221 cm³/mol. The van der Waals surface area contributed by atoms with Gasteiger partial charge in [0.1, 0.15) is 22.2 Å². The third-order valence-electron chi connectivity index (χ3n) is 14.6. The summed E-state index contributed by atoms with van der Waals surface area (Å²) < 4.78 is 19.3. The Balaban J connectivity index is 1.21. The summed E-state index contributed by atoms with van der Waals surface area (Å²) in [6.07, 6.45) is 12.1. The number of carbonyl (C=O) groups is 4. The molecule has 12 nitrogen and oxygen atoms in total. The van der Waals surface area contributed by atoms with E-state index < -0.39 is 76.6 Å². The number of ketones is 1. The Hall–Kier alpha value is -3.13. The van der Waals surface area contributed by atoms with E-state index in [0.29, 0.717) is 32.1 Å². The van der Waals surface area contributed by atoms with E-state index >= 15 is 4.79 Å². The summed E-state index contributed by atoms with van der Waals surface area (Å²) in [6.45, 7) is 9.43. The first-order chi connectivity index (χ1) is 27.9. The summed E-state index contributed by atoms with van der Waals surface area (Å²) in [6, 6.07) is -0.800. The number of rotatable bonds is 7. The number of halogens is 3. The number of aromatic amines is 1. The number of nitrogens with one attached hydrogen (secondary N) is 2. The third-order valence-corrected chi connectivity index (χ3v) is 15.8. The Morgan fingerprint density at radius 1 is 1.07 bits per heavy atom. The van der Waals surface area contributed by atoms with Gasteiger partial charge in [0.05, 0.1) is 39.8 Å². The molecule has 59 heavy (non-hydrogen) atoms. The zero-order valence-electron chi connectivity index (χ0n) is 34.1. The number of carboxylic acid groups (broad SMARTS) is 1. The van der Waals surface area contributed by atoms with Crippen LogP contribution in [-0.4, -0.2) is 80.2 Å². The van der Waals surface area contributed by atoms with E-state index in [-0.39, 0.29) is 74.3 Å². The molecule has 3 fully saturated rings. The Morgan fingerprint density at radius 2 is 1.81 bits per heavy atom. The van der Waals surface area contributed by atoms with Crippen molar-refractivity contribution >= 4 is 58.4 Å². The molecule has 1 spiro atoms. The SMILES string of the molecule is CC[C@H]1C[C@]23OC(=O)/C(=C(/O)[C@]4(CC)[C@@H](C=C[C@H]5[C@@H](O[C@H]6C[C@@H](O)[C@H](NC(=O)c7[nH]c(Cl)c(Cl)c7Cl)[C@@H](C)O6)[C@@H](C)CC[C@@H]54)CCCC/C=C/[C@@]2(C)C=C1C(=O)O)C3=O. The number of aliphatic hydroxyl groups is 2. The molecule has 5 N–H and O–H groups in total. The van der Waals surface area contributed by atoms with Crippen LogP contribution in [0, 0.1) is 40.4 Å². The van der Waals surface area contributed by atoms with Gasteiger partial charge in [-0.05, 0) is 82.5 Å². The number of esters is 1. The minimum Gasteiger partial charge on any atom is -0.511 e. The first-order valence-electron chi connectivity index (χ1n) is 21.0. The highest BCUT2D eigenvalue weighted by molar-refractivity contribution is 6.49. The van der Waals surface area contributed by atoms with Crippen molar-refractivity contribution in [3.05, 3.63) is 68.2 Å². The molecule has 1 saturated carbocycles. The number of fused-ring (bicyclic) bond motifs is 4. The average Bonchev–Trinajstić information content (AvgIpc) is 3.60. The second-order valence-electron chi connectivity index (χ2n) is 17.7. The van der Waals surface area contributed by atoms with Crippen molar-refractivity contribution in [3.63, 3.8) is 0 Å². The van der Waals surface area contributed by atoms with Gasteiger partial charge < -0.3 is 39.8 Å². The number of H-pyrrole nitrogens is 1. The van der Waals surface area contributed by atoms with Crippen molar-refractivity contribution in [2.45, 2.75) is 135 Å². The van der Waals surface area contributed by atoms with Crippen LogP contribution >= 0.6 is 34.8 Å². The van der Waals surface area contributed by atoms with Crippen LogP contribution in [0.25, 0.3) is 0 Å². The average molecular weight is 878 g/mol. The zero-order chi connectivity index (χ0) is 42.8. The van der Waals surface area contributed by atoms with Gasteiger partial charge in [-0.1, -0.05) is 92.4 Å². The van der Waals surface area contributed by atoms with Gasteiger partial charge in [0.2, 0.25) is 5.78 Å². The smallest absolute Gasteiger partial charge is 0.346 e. The first kappa shape index (κ1) is 43.9. The molecule has 0 radical (unpaired) electrons. The lowest BCUT2D eigenvalue weighted by molar-refractivity contribution is -0.258. The summed E-state index contributed by atoms with van der Waals surface area (Å²) in [5.74, 6) is -4.60. The molecule has 1 aromatic heterocycles. The van der Waals surface area contributed by atoms with Gasteiger partial charge in [0, 0.05) is 29.7 Å². The second kappa shape index (κ2) is 16.6. The second-order valence-corrected chi connectivity index (χ2v) is 18.8. The highest BCUT2D eigenvalue weighted by atomic mass is 35.5. The molecule has 15 heteroatoms. The van der Waals surface area contributed by atoms with Crippen LogP contribution in [0.2, 0.25) is 15.2 Å². The number of aliphatic carboxylic acids is 1. The highest BCUT2D eigenvalue weighted by Crippen LogP contribution is 2.61. The number of amides is 1. The van der Waals surface area contributed by atoms with Crippen LogP contribution in [0.4, 0.5) is 0 Å². The number of ether oxygens (including phenoxy) is 3. The maximum absolute atomic E-state index is 15.1. The molecule has 1 aromatic rings. The molecule has 4 aliphatic carbocycles. The fraction of sp³-hybridized carbons (Fsp3) is 0.636. The van der Waals surface area contributed by atoms with Crippen molar-refractivity contribution < 1.29 is 48.7 Å². The van der Waals surface area contributed by atoms with E-state index in [1.54, 1.807) is 19.9 Å². The van der Waals surface area contributed by atoms with Gasteiger partial charge in [0.15, 0.2) is 11.9 Å². The normalized spacial score (nSPS) is 41.5. The number of allylic oxidation sites excluding steroid dienone is 3. The molecular weight excluding hydrogens is 823 g/mol. The number of hydrogen-bond donors (Lipinski definition) is 5. The van der Waals surface area contributed by atoms with Crippen molar-refractivity contribution in [2.75, 3.05) is 0 Å². The van der Waals surface area contributed by atoms with Gasteiger partial charge in [-0.2, -0.15) is 0 Å². The molecule has 7 rings (SSSR count). The third kappa shape index (κ3) is 7.21. The molecule has 322 valence electrons. The monoisotopic (exact) mass is 876 g/mol. The van der Waals surface area contributed by atoms with Crippen LogP contribution in [0.5, 0.6) is 0 Å². The Bertz CT molecular complexity index is 2000. The Labute approximate surface area is 359 Å². The highest BCUT2D eigenvalue weighted by Gasteiger charge is 2.67. The number of Topliss-reactive ketones (excluding diaryl/α,β-unsaturated/α-hetero) is 1. The summed E-state index contributed by atoms with van der Waals surface area (Å²) in [5, 5.41) is 37.1. The molecular formula is C44H55Cl3N2O10. The molecule has 13 atom stereocenters. The Kier molecular flexibility index (Phi) is 12.4. The lowest BCUT2D eigenvalue weighted by Crippen LogP contribution is -2.58. The van der Waals surface area contributed by atoms with E-state index in [9.17, 15) is 29.7 Å². The summed E-state index contributed by atoms with van der Waals surface area (Å²) in [5.41, 5.74) is -4.18. The molecule has 6 aliphatic rings. The van der Waals surface area contributed by atoms with Crippen molar-refractivity contribution in [2.24, 2.45) is 40.4 Å². The topological polar surface area (TPSA) is 184 Å². The fourth-order valence-corrected chi connectivity index (χ4v) is 12.0. The van der Waals surface area contributed by atoms with Crippen molar-refractivity contribution in [3.8, 4) is 0 Å². The molecule has 2 aliphatic heterocycles. The van der Waals surface area contributed by atoms with E-state index in [1.165, 1.54) is 0 Å². The van der Waals surface area contributed by atoms with E-state index in [0.717, 1.165) is 19.3 Å². The number of aliphatic hydroxyl groups excluding tert-OH is 2. The number of aromatic nitrogens is 1. The van der Waals surface area contributed by atoms with E-state index in [2.05, 4.69) is 29.4 Å². The van der Waals surface area contributed by atoms with Crippen LogP contribution in [0.1, 0.15) is 109 Å². The predicted octanol–water partition coefficient (Wildman–Crippen LogP) is 8.45. The quantitative estimate of drug-likeness (QED) is 0.101. The van der Waals surface area contributed by atoms with E-state index in [4.69, 9.17) is 49.0 Å². The van der Waals surface area contributed by atoms with Gasteiger partial charge >= 0.3 is 11.9 Å². The fourth-order valence-electron chi connectivity index (χ4n) is 11.3. The van der Waals surface area contributed by atoms with Crippen LogP contribution in [0.3, 0.4) is 0 Å². The first-order valence-corrected chi connectivity index (χ1v) is 22.1. The zero-order valence-corrected chi connectivity index (χ0v) is 36.3. The van der Waals surface area contributed by atoms with Gasteiger partial charge in [0.25, 0.3) is 5.91 Å². The molecule has 0 aromatic carbocycles. The maximum atomic E-state index is 15.1. The minimum atomic E-state index is -1.72. The lowest BCUT2D eigenvalue weighted by Gasteiger charge is -2.55. The molecule has 0 unspecified atom stereocenters. The molecule has 2 bridgehead atoms. The van der Waals surface area contributed by atoms with Gasteiger partial charge in [-0.3, -0.25) is 9.59 Å². The number of carbonyl (C=O) groups excluding carboxylic acids is 3. The standard InChI is InChI=1S/C44H55Cl3N2O10/c1-6-23-19-44-37(52)30(41(56)59-44)36(51)43(7-2)24(12-10-8-9-11-17-42(44,5)20-26(23)40(54)55)14-15-25-27(43)16-13-21(3)35(25)58-29-18-28(50)33(22(4)57-29)49-39(53)34-31(45)32(46)38(47)48-34/h11,14-15,17,20-25,27-29,33,35,48,50-51H,6-10,12-13,16,18-19H2,1-5H3,(H,49,53)(H,54,55)/b17-11+,36-30+/t21-,22+,23-,24+,25+,27-,28+,29-,33+,35-,42-,43+,44+/m0/s1. The maximum Gasteiger partial charge on any atom is 0.346 e. The Morgan fingerprint density at radius 3 is 2.46 bits per heavy atom. The molecule has 2 saturated heterocycles. The molecule has 3 heterocycles. The number of hydrogen-bond acceptors (Lipinski definition) is 9. The summed E-state index contributed by atoms with van der Waals surface area (Å²) in [4.78, 5) is 57.5. The van der Waals surface area contributed by atoms with Crippen molar-refractivity contribution in [1.29, 1.82) is 0 Å². The van der Waals surface area contributed by atoms with E-state index in [1.807, 2.05) is 26.0 Å². The van der Waals surface area contributed by atoms with Crippen LogP contribution < -0.4 is 5.32 Å². The van der Waals surface area contributed by atoms with Gasteiger partial charge in [-0.25, -0.2) is 9.59 Å².